The first-order valence-corrected chi connectivity index (χ1v) is 5.46. The quantitative estimate of drug-likeness (QED) is 0.566. The average Bonchev–Trinajstić information content (AvgIpc) is 2.94. The zero-order valence-electron chi connectivity index (χ0n) is 7.24. The molecule has 0 amide bonds. The summed E-state index contributed by atoms with van der Waals surface area (Å²) in [5, 5.41) is 0.774. The number of alkyl halides is 1. The number of hydrogen-bond acceptors (Lipinski definition) is 0. The lowest BCUT2D eigenvalue weighted by atomic mass is 10.1. The Balaban J connectivity index is 2.32. The minimum Gasteiger partial charge on any atom is -0.204 e. The highest BCUT2D eigenvalue weighted by Crippen LogP contribution is 2.49. The summed E-state index contributed by atoms with van der Waals surface area (Å²) in [5.74, 6) is -3.11. The molecule has 0 N–H and O–H groups in total. The van der Waals surface area contributed by atoms with Gasteiger partial charge in [0.1, 0.15) is 0 Å². The molecule has 0 aliphatic heterocycles. The zero-order valence-corrected chi connectivity index (χ0v) is 8.82. The summed E-state index contributed by atoms with van der Waals surface area (Å²) in [6, 6.07) is 2.32. The minimum absolute atomic E-state index is 0.0458. The van der Waals surface area contributed by atoms with Crippen LogP contribution in [-0.2, 0) is 0 Å². The molecule has 76 valence electrons. The predicted molar refractivity (Wildman–Crippen MR) is 51.0 cm³/mol. The molecule has 2 unspecified atom stereocenters. The Morgan fingerprint density at radius 1 is 1.21 bits per heavy atom. The Morgan fingerprint density at radius 3 is 2.50 bits per heavy atom. The van der Waals surface area contributed by atoms with Gasteiger partial charge in [-0.05, 0) is 29.9 Å². The standard InChI is InChI=1S/C10H8BrF3/c11-4-5-3-7(5)6-1-2-8(12)10(14)9(6)13/h1-2,5,7H,3-4H2. The average molecular weight is 265 g/mol. The second kappa shape index (κ2) is 3.57. The van der Waals surface area contributed by atoms with Crippen LogP contribution in [0.3, 0.4) is 0 Å². The van der Waals surface area contributed by atoms with Crippen molar-refractivity contribution in [1.82, 2.24) is 0 Å². The molecule has 1 aromatic carbocycles. The Bertz CT molecular complexity index is 365. The fraction of sp³-hybridized carbons (Fsp3) is 0.400. The lowest BCUT2D eigenvalue weighted by Crippen LogP contribution is -1.97. The summed E-state index contributed by atoms with van der Waals surface area (Å²) >= 11 is 3.28. The van der Waals surface area contributed by atoms with Gasteiger partial charge in [0.15, 0.2) is 17.5 Å². The zero-order chi connectivity index (χ0) is 10.3. The summed E-state index contributed by atoms with van der Waals surface area (Å²) in [6.07, 6.45) is 0.841. The van der Waals surface area contributed by atoms with Crippen molar-refractivity contribution in [1.29, 1.82) is 0 Å². The van der Waals surface area contributed by atoms with Crippen molar-refractivity contribution in [3.05, 3.63) is 35.1 Å². The third-order valence-electron chi connectivity index (χ3n) is 2.59. The van der Waals surface area contributed by atoms with Crippen molar-refractivity contribution >= 4 is 15.9 Å². The maximum atomic E-state index is 13.2. The molecule has 1 saturated carbocycles. The van der Waals surface area contributed by atoms with Crippen LogP contribution in [0.5, 0.6) is 0 Å². The highest BCUT2D eigenvalue weighted by atomic mass is 79.9. The summed E-state index contributed by atoms with van der Waals surface area (Å²) in [5.41, 5.74) is 0.299. The van der Waals surface area contributed by atoms with Crippen molar-refractivity contribution in [2.45, 2.75) is 12.3 Å². The van der Waals surface area contributed by atoms with Gasteiger partial charge in [-0.1, -0.05) is 22.0 Å². The molecule has 2 atom stereocenters. The van der Waals surface area contributed by atoms with Crippen molar-refractivity contribution in [3.63, 3.8) is 0 Å². The van der Waals surface area contributed by atoms with E-state index in [0.717, 1.165) is 17.8 Å². The van der Waals surface area contributed by atoms with E-state index in [1.165, 1.54) is 6.07 Å². The molecule has 1 fully saturated rings. The van der Waals surface area contributed by atoms with Gasteiger partial charge in [-0.25, -0.2) is 13.2 Å². The summed E-state index contributed by atoms with van der Waals surface area (Å²) in [7, 11) is 0. The van der Waals surface area contributed by atoms with E-state index in [0.29, 0.717) is 11.5 Å². The molecule has 0 aromatic heterocycles. The maximum Gasteiger partial charge on any atom is 0.194 e. The first kappa shape index (κ1) is 10.0. The predicted octanol–water partition coefficient (Wildman–Crippen LogP) is 3.60. The summed E-state index contributed by atoms with van der Waals surface area (Å²) in [4.78, 5) is 0. The van der Waals surface area contributed by atoms with Gasteiger partial charge >= 0.3 is 0 Å². The molecular weight excluding hydrogens is 257 g/mol. The maximum absolute atomic E-state index is 13.2. The molecule has 0 radical (unpaired) electrons. The van der Waals surface area contributed by atoms with E-state index < -0.39 is 17.5 Å². The smallest absolute Gasteiger partial charge is 0.194 e. The molecule has 0 heterocycles. The molecule has 14 heavy (non-hydrogen) atoms. The molecule has 0 nitrogen and oxygen atoms in total. The Kier molecular flexibility index (Phi) is 2.56. The minimum atomic E-state index is -1.36. The normalized spacial score (nSPS) is 25.1. The van der Waals surface area contributed by atoms with E-state index in [4.69, 9.17) is 0 Å². The van der Waals surface area contributed by atoms with Gasteiger partial charge in [0, 0.05) is 5.33 Å². The van der Waals surface area contributed by atoms with Crippen LogP contribution in [0.15, 0.2) is 12.1 Å². The lowest BCUT2D eigenvalue weighted by Gasteiger charge is -2.02. The van der Waals surface area contributed by atoms with Gasteiger partial charge in [0.25, 0.3) is 0 Å². The van der Waals surface area contributed by atoms with Crippen molar-refractivity contribution in [2.75, 3.05) is 5.33 Å². The van der Waals surface area contributed by atoms with Gasteiger partial charge in [0.05, 0.1) is 0 Å². The molecular formula is C10H8BrF3. The topological polar surface area (TPSA) is 0 Å². The number of halogens is 4. The molecule has 0 spiro atoms. The van der Waals surface area contributed by atoms with E-state index in [9.17, 15) is 13.2 Å². The van der Waals surface area contributed by atoms with Crippen molar-refractivity contribution in [3.8, 4) is 0 Å². The second-order valence-corrected chi connectivity index (χ2v) is 4.17. The lowest BCUT2D eigenvalue weighted by molar-refractivity contribution is 0.440. The van der Waals surface area contributed by atoms with E-state index in [1.807, 2.05) is 0 Å². The fourth-order valence-corrected chi connectivity index (χ4v) is 2.34. The third-order valence-corrected chi connectivity index (χ3v) is 3.42. The van der Waals surface area contributed by atoms with Gasteiger partial charge < -0.3 is 0 Å². The molecule has 2 rings (SSSR count). The summed E-state index contributed by atoms with van der Waals surface area (Å²) in [6.45, 7) is 0. The monoisotopic (exact) mass is 264 g/mol. The Morgan fingerprint density at radius 2 is 1.93 bits per heavy atom. The van der Waals surface area contributed by atoms with Gasteiger partial charge in [-0.2, -0.15) is 0 Å². The largest absolute Gasteiger partial charge is 0.204 e. The highest BCUT2D eigenvalue weighted by molar-refractivity contribution is 9.09. The van der Waals surface area contributed by atoms with E-state index in [2.05, 4.69) is 15.9 Å². The van der Waals surface area contributed by atoms with Gasteiger partial charge in [0.2, 0.25) is 0 Å². The van der Waals surface area contributed by atoms with Crippen LogP contribution in [0.4, 0.5) is 13.2 Å². The fourth-order valence-electron chi connectivity index (χ4n) is 1.63. The van der Waals surface area contributed by atoms with Crippen LogP contribution < -0.4 is 0 Å². The van der Waals surface area contributed by atoms with E-state index in [-0.39, 0.29) is 5.92 Å². The SMILES string of the molecule is Fc1ccc(C2CC2CBr)c(F)c1F. The Labute approximate surface area is 88.2 Å². The number of benzene rings is 1. The first-order valence-electron chi connectivity index (χ1n) is 4.34. The van der Waals surface area contributed by atoms with E-state index in [1.54, 1.807) is 0 Å². The number of rotatable bonds is 2. The second-order valence-electron chi connectivity index (χ2n) is 3.52. The molecule has 1 aliphatic carbocycles. The van der Waals surface area contributed by atoms with Crippen LogP contribution in [0.1, 0.15) is 17.9 Å². The van der Waals surface area contributed by atoms with Crippen LogP contribution in [-0.4, -0.2) is 5.33 Å². The first-order chi connectivity index (χ1) is 6.65. The van der Waals surface area contributed by atoms with Gasteiger partial charge in [-0.15, -0.1) is 0 Å². The third kappa shape index (κ3) is 1.56. The van der Waals surface area contributed by atoms with Crippen molar-refractivity contribution in [2.24, 2.45) is 5.92 Å². The van der Waals surface area contributed by atoms with Crippen LogP contribution in [0, 0.1) is 23.4 Å². The van der Waals surface area contributed by atoms with Crippen LogP contribution in [0.2, 0.25) is 0 Å². The van der Waals surface area contributed by atoms with Crippen LogP contribution in [0.25, 0.3) is 0 Å². The van der Waals surface area contributed by atoms with Gasteiger partial charge in [-0.3, -0.25) is 0 Å². The van der Waals surface area contributed by atoms with Crippen molar-refractivity contribution < 1.29 is 13.2 Å². The molecule has 1 aromatic rings. The van der Waals surface area contributed by atoms with Crippen LogP contribution >= 0.6 is 15.9 Å². The molecule has 4 heteroatoms. The van der Waals surface area contributed by atoms with E-state index >= 15 is 0 Å². The molecule has 0 bridgehead atoms. The highest BCUT2D eigenvalue weighted by Gasteiger charge is 2.39. The molecule has 1 aliphatic rings. The summed E-state index contributed by atoms with van der Waals surface area (Å²) < 4.78 is 38.7. The molecule has 0 saturated heterocycles. The number of hydrogen-bond donors (Lipinski definition) is 0. The Hall–Kier alpha value is -0.510.